The number of likely N-dealkylation sites (tertiary alicyclic amines) is 1. The van der Waals surface area contributed by atoms with Crippen LogP contribution < -0.4 is 0 Å². The number of aromatic nitrogens is 3. The van der Waals surface area contributed by atoms with E-state index in [2.05, 4.69) is 11.9 Å². The number of nitrogens with zero attached hydrogens (tertiary/aromatic N) is 4. The molecule has 0 bridgehead atoms. The number of methoxy groups -OCH3 is 1. The summed E-state index contributed by atoms with van der Waals surface area (Å²) in [5.74, 6) is -0.764. The Hall–Kier alpha value is -2.32. The molecule has 9 heteroatoms. The normalized spacial score (nSPS) is 27.5. The van der Waals surface area contributed by atoms with Crippen LogP contribution in [0.5, 0.6) is 0 Å². The van der Waals surface area contributed by atoms with Gasteiger partial charge in [0.2, 0.25) is 0 Å². The summed E-state index contributed by atoms with van der Waals surface area (Å²) in [5.41, 5.74) is 3.37. The maximum atomic E-state index is 13.0. The van der Waals surface area contributed by atoms with E-state index < -0.39 is 12.1 Å². The fourth-order valence-electron chi connectivity index (χ4n) is 5.08. The van der Waals surface area contributed by atoms with Crippen molar-refractivity contribution in [3.63, 3.8) is 0 Å². The van der Waals surface area contributed by atoms with Gasteiger partial charge in [-0.25, -0.2) is 14.3 Å². The molecule has 6 nitrogen and oxygen atoms in total. The van der Waals surface area contributed by atoms with Crippen molar-refractivity contribution >= 4 is 11.7 Å². The first-order valence-corrected chi connectivity index (χ1v) is 10.9. The molecule has 1 aliphatic carbocycles. The van der Waals surface area contributed by atoms with Gasteiger partial charge in [0, 0.05) is 36.7 Å². The molecule has 4 rings (SSSR count). The predicted octanol–water partition coefficient (Wildman–Crippen LogP) is 5.07. The highest BCUT2D eigenvalue weighted by molar-refractivity contribution is 5.67. The Morgan fingerprint density at radius 2 is 1.87 bits per heavy atom. The minimum atomic E-state index is -4.11. The van der Waals surface area contributed by atoms with Gasteiger partial charge in [-0.15, -0.1) is 0 Å². The molecule has 2 aromatic rings. The number of alkyl halides is 3. The average Bonchev–Trinajstić information content (AvgIpc) is 3.16. The molecule has 1 saturated heterocycles. The molecular formula is C22H29F3N4O2. The molecule has 31 heavy (non-hydrogen) atoms. The third-order valence-corrected chi connectivity index (χ3v) is 6.98. The van der Waals surface area contributed by atoms with Gasteiger partial charge in [-0.1, -0.05) is 6.92 Å². The summed E-state index contributed by atoms with van der Waals surface area (Å²) < 4.78 is 45.8. The first-order valence-electron chi connectivity index (χ1n) is 10.9. The van der Waals surface area contributed by atoms with Crippen molar-refractivity contribution in [3.8, 4) is 0 Å². The van der Waals surface area contributed by atoms with Crippen LogP contribution in [0.4, 0.5) is 18.0 Å². The number of rotatable bonds is 2. The number of ether oxygens (including phenoxy) is 1. The minimum Gasteiger partial charge on any atom is -0.453 e. The van der Waals surface area contributed by atoms with Crippen molar-refractivity contribution in [2.45, 2.75) is 64.0 Å². The van der Waals surface area contributed by atoms with Crippen LogP contribution in [0.1, 0.15) is 67.9 Å². The molecular weight excluding hydrogens is 409 g/mol. The van der Waals surface area contributed by atoms with Crippen molar-refractivity contribution in [1.29, 1.82) is 0 Å². The molecule has 0 radical (unpaired) electrons. The smallest absolute Gasteiger partial charge is 0.409 e. The molecule has 2 aromatic heterocycles. The molecule has 3 heterocycles. The molecule has 1 aliphatic heterocycles. The molecule has 0 aromatic carbocycles. The second-order valence-corrected chi connectivity index (χ2v) is 9.04. The summed E-state index contributed by atoms with van der Waals surface area (Å²) in [6, 6.07) is 3.92. The van der Waals surface area contributed by atoms with E-state index in [-0.39, 0.29) is 30.8 Å². The van der Waals surface area contributed by atoms with E-state index >= 15 is 0 Å². The van der Waals surface area contributed by atoms with Crippen LogP contribution in [0, 0.1) is 18.8 Å². The largest absolute Gasteiger partial charge is 0.453 e. The SMILES string of the molecule is COC(=O)N1CC[C@@H](C)[C@H](c2cc(C)nc3cc([C@H]4CC[C@H](C(F)(F)F)CC4)nn23)C1. The minimum absolute atomic E-state index is 0.0174. The van der Waals surface area contributed by atoms with Crippen molar-refractivity contribution < 1.29 is 22.7 Å². The molecule has 2 aliphatic rings. The molecule has 0 unspecified atom stereocenters. The Morgan fingerprint density at radius 1 is 1.16 bits per heavy atom. The van der Waals surface area contributed by atoms with Gasteiger partial charge >= 0.3 is 12.3 Å². The number of piperidine rings is 1. The topological polar surface area (TPSA) is 59.7 Å². The van der Waals surface area contributed by atoms with E-state index in [0.29, 0.717) is 37.5 Å². The third-order valence-electron chi connectivity index (χ3n) is 6.98. The Bertz CT molecular complexity index is 950. The second-order valence-electron chi connectivity index (χ2n) is 9.04. The maximum Gasteiger partial charge on any atom is 0.409 e. The summed E-state index contributed by atoms with van der Waals surface area (Å²) in [7, 11) is 1.39. The molecule has 0 spiro atoms. The lowest BCUT2D eigenvalue weighted by Gasteiger charge is -2.36. The standard InChI is InChI=1S/C22H29F3N4O2/c1-13-8-9-28(21(30)31-3)12-17(13)19-10-14(2)26-20-11-18(27-29(19)20)15-4-6-16(7-5-15)22(23,24)25/h10-11,13,15-17H,4-9,12H2,1-3H3/t13-,15-,16-,17-/m1/s1. The van der Waals surface area contributed by atoms with Crippen molar-refractivity contribution in [3.05, 3.63) is 29.2 Å². The maximum absolute atomic E-state index is 13.0. The molecule has 1 amide bonds. The number of carbonyl (C=O) groups excluding carboxylic acids is 1. The van der Waals surface area contributed by atoms with E-state index in [1.54, 1.807) is 4.90 Å². The van der Waals surface area contributed by atoms with Gasteiger partial charge < -0.3 is 9.64 Å². The summed E-state index contributed by atoms with van der Waals surface area (Å²) in [6.45, 7) is 5.29. The van der Waals surface area contributed by atoms with Crippen LogP contribution in [-0.2, 0) is 4.74 Å². The summed E-state index contributed by atoms with van der Waals surface area (Å²) >= 11 is 0. The van der Waals surface area contributed by atoms with Gasteiger partial charge in [0.05, 0.1) is 24.4 Å². The number of fused-ring (bicyclic) bond motifs is 1. The van der Waals surface area contributed by atoms with E-state index in [0.717, 1.165) is 23.5 Å². The highest BCUT2D eigenvalue weighted by atomic mass is 19.4. The Morgan fingerprint density at radius 3 is 2.52 bits per heavy atom. The second kappa shape index (κ2) is 8.31. The number of hydrogen-bond donors (Lipinski definition) is 0. The molecule has 2 fully saturated rings. The quantitative estimate of drug-likeness (QED) is 0.657. The van der Waals surface area contributed by atoms with Crippen LogP contribution in [0.25, 0.3) is 5.65 Å². The number of amides is 1. The summed E-state index contributed by atoms with van der Waals surface area (Å²) in [6.07, 6.45) is -2.32. The zero-order valence-electron chi connectivity index (χ0n) is 18.2. The van der Waals surface area contributed by atoms with Crippen LogP contribution in [-0.4, -0.2) is 52.0 Å². The van der Waals surface area contributed by atoms with Crippen LogP contribution in [0.2, 0.25) is 0 Å². The predicted molar refractivity (Wildman–Crippen MR) is 109 cm³/mol. The summed E-state index contributed by atoms with van der Waals surface area (Å²) in [4.78, 5) is 18.4. The fraction of sp³-hybridized carbons (Fsp3) is 0.682. The Balaban J connectivity index is 1.62. The van der Waals surface area contributed by atoms with Crippen molar-refractivity contribution in [2.75, 3.05) is 20.2 Å². The van der Waals surface area contributed by atoms with Gasteiger partial charge in [0.1, 0.15) is 0 Å². The van der Waals surface area contributed by atoms with Gasteiger partial charge in [0.15, 0.2) is 5.65 Å². The van der Waals surface area contributed by atoms with E-state index in [1.165, 1.54) is 7.11 Å². The van der Waals surface area contributed by atoms with Gasteiger partial charge in [0.25, 0.3) is 0 Å². The zero-order chi connectivity index (χ0) is 22.3. The molecule has 1 saturated carbocycles. The van der Waals surface area contributed by atoms with Crippen LogP contribution in [0.15, 0.2) is 12.1 Å². The summed E-state index contributed by atoms with van der Waals surface area (Å²) in [5, 5.41) is 4.80. The number of aryl methyl sites for hydroxylation is 1. The van der Waals surface area contributed by atoms with Crippen molar-refractivity contribution in [2.24, 2.45) is 11.8 Å². The lowest BCUT2D eigenvalue weighted by molar-refractivity contribution is -0.182. The molecule has 170 valence electrons. The first kappa shape index (κ1) is 21.9. The highest BCUT2D eigenvalue weighted by Gasteiger charge is 2.42. The average molecular weight is 438 g/mol. The lowest BCUT2D eigenvalue weighted by atomic mass is 9.80. The van der Waals surface area contributed by atoms with Gasteiger partial charge in [-0.3, -0.25) is 0 Å². The highest BCUT2D eigenvalue weighted by Crippen LogP contribution is 2.43. The Kier molecular flexibility index (Phi) is 5.87. The zero-order valence-corrected chi connectivity index (χ0v) is 18.2. The molecule has 2 atom stereocenters. The number of carbonyl (C=O) groups is 1. The van der Waals surface area contributed by atoms with Gasteiger partial charge in [-0.05, 0) is 51.0 Å². The third kappa shape index (κ3) is 4.36. The van der Waals surface area contributed by atoms with E-state index in [9.17, 15) is 18.0 Å². The van der Waals surface area contributed by atoms with Crippen LogP contribution in [0.3, 0.4) is 0 Å². The number of hydrogen-bond acceptors (Lipinski definition) is 4. The van der Waals surface area contributed by atoms with Crippen molar-refractivity contribution in [1.82, 2.24) is 19.5 Å². The van der Waals surface area contributed by atoms with Gasteiger partial charge in [-0.2, -0.15) is 18.3 Å². The van der Waals surface area contributed by atoms with E-state index in [4.69, 9.17) is 9.84 Å². The fourth-order valence-corrected chi connectivity index (χ4v) is 5.08. The lowest BCUT2D eigenvalue weighted by Crippen LogP contribution is -2.42. The first-order chi connectivity index (χ1) is 14.7. The monoisotopic (exact) mass is 438 g/mol. The number of halogens is 3. The van der Waals surface area contributed by atoms with E-state index in [1.807, 2.05) is 23.6 Å². The Labute approximate surface area is 179 Å². The molecule has 0 N–H and O–H groups in total. The van der Waals surface area contributed by atoms with Crippen LogP contribution >= 0.6 is 0 Å².